The number of aliphatic hydroxyl groups excluding tert-OH is 1. The number of hydrogen-bond acceptors (Lipinski definition) is 7. The van der Waals surface area contributed by atoms with Crippen molar-refractivity contribution in [2.75, 3.05) is 6.61 Å². The van der Waals surface area contributed by atoms with Gasteiger partial charge >= 0.3 is 5.97 Å². The molecule has 23 heavy (non-hydrogen) atoms. The fourth-order valence-corrected chi connectivity index (χ4v) is 3.39. The van der Waals surface area contributed by atoms with E-state index in [1.54, 1.807) is 22.7 Å². The molecule has 7 heteroatoms. The van der Waals surface area contributed by atoms with Gasteiger partial charge in [0.25, 0.3) is 0 Å². The molecule has 2 aromatic heterocycles. The molecule has 0 amide bonds. The van der Waals surface area contributed by atoms with E-state index in [1.807, 2.05) is 35.0 Å². The monoisotopic (exact) mass is 352 g/mol. The Bertz CT molecular complexity index is 661. The molecular weight excluding hydrogens is 336 g/mol. The molecule has 0 saturated heterocycles. The average molecular weight is 352 g/mol. The van der Waals surface area contributed by atoms with Gasteiger partial charge in [-0.15, -0.1) is 22.7 Å². The summed E-state index contributed by atoms with van der Waals surface area (Å²) in [5.74, 6) is -0.0661. The number of cyclic esters (lactones) is 1. The summed E-state index contributed by atoms with van der Waals surface area (Å²) in [7, 11) is 0. The average Bonchev–Trinajstić information content (AvgIpc) is 3.26. The van der Waals surface area contributed by atoms with Gasteiger partial charge in [-0.1, -0.05) is 12.1 Å². The van der Waals surface area contributed by atoms with Crippen LogP contribution in [0.3, 0.4) is 0 Å². The number of thiophene rings is 2. The maximum absolute atomic E-state index is 12.0. The minimum Gasteiger partial charge on any atom is -0.484 e. The van der Waals surface area contributed by atoms with Crippen molar-refractivity contribution < 1.29 is 24.1 Å². The summed E-state index contributed by atoms with van der Waals surface area (Å²) < 4.78 is 16.7. The highest BCUT2D eigenvalue weighted by atomic mass is 32.1. The van der Waals surface area contributed by atoms with Gasteiger partial charge in [-0.05, 0) is 22.9 Å². The summed E-state index contributed by atoms with van der Waals surface area (Å²) in [5.41, 5.74) is 0. The summed E-state index contributed by atoms with van der Waals surface area (Å²) >= 11 is 3.12. The first kappa shape index (κ1) is 16.0. The molecule has 1 N–H and O–H groups in total. The Balaban J connectivity index is 1.73. The molecule has 0 aliphatic carbocycles. The lowest BCUT2D eigenvalue weighted by molar-refractivity contribution is -0.143. The molecule has 122 valence electrons. The second-order valence-electron chi connectivity index (χ2n) is 4.84. The van der Waals surface area contributed by atoms with Crippen molar-refractivity contribution in [3.05, 3.63) is 56.3 Å². The van der Waals surface area contributed by atoms with E-state index < -0.39 is 12.1 Å². The number of esters is 1. The maximum Gasteiger partial charge on any atom is 0.378 e. The van der Waals surface area contributed by atoms with Crippen molar-refractivity contribution in [1.82, 2.24) is 0 Å². The number of carbonyl (C=O) groups is 1. The summed E-state index contributed by atoms with van der Waals surface area (Å²) in [6.45, 7) is 0.541. The predicted molar refractivity (Wildman–Crippen MR) is 86.8 cm³/mol. The third kappa shape index (κ3) is 3.93. The zero-order valence-corrected chi connectivity index (χ0v) is 13.9. The Morgan fingerprint density at radius 2 is 1.74 bits per heavy atom. The molecule has 0 radical (unpaired) electrons. The molecule has 3 heterocycles. The summed E-state index contributed by atoms with van der Waals surface area (Å²) in [6.07, 6.45) is -0.303. The lowest BCUT2D eigenvalue weighted by atomic mass is 10.2. The van der Waals surface area contributed by atoms with Crippen molar-refractivity contribution in [3.8, 4) is 0 Å². The minimum atomic E-state index is -0.592. The Labute approximate surface area is 141 Å². The maximum atomic E-state index is 12.0. The van der Waals surface area contributed by atoms with Gasteiger partial charge in [0, 0.05) is 22.8 Å². The largest absolute Gasteiger partial charge is 0.484 e. The van der Waals surface area contributed by atoms with E-state index in [2.05, 4.69) is 0 Å². The van der Waals surface area contributed by atoms with Crippen LogP contribution in [-0.4, -0.2) is 23.8 Å². The van der Waals surface area contributed by atoms with E-state index in [-0.39, 0.29) is 18.8 Å². The normalized spacial score (nSPS) is 17.4. The second kappa shape index (κ2) is 7.63. The van der Waals surface area contributed by atoms with Crippen LogP contribution in [-0.2, 0) is 32.2 Å². The van der Waals surface area contributed by atoms with Gasteiger partial charge in [0.05, 0.1) is 0 Å². The predicted octanol–water partition coefficient (Wildman–Crippen LogP) is 3.06. The number of ether oxygens (including phenoxy) is 3. The van der Waals surface area contributed by atoms with E-state index >= 15 is 0 Å². The molecule has 1 unspecified atom stereocenters. The zero-order chi connectivity index (χ0) is 16.1. The fraction of sp³-hybridized carbons (Fsp3) is 0.312. The van der Waals surface area contributed by atoms with Gasteiger partial charge in [0.2, 0.25) is 5.76 Å². The molecule has 0 saturated carbocycles. The molecule has 1 atom stereocenters. The summed E-state index contributed by atoms with van der Waals surface area (Å²) in [4.78, 5) is 14.1. The van der Waals surface area contributed by atoms with Crippen LogP contribution >= 0.6 is 22.7 Å². The van der Waals surface area contributed by atoms with Crippen LogP contribution < -0.4 is 0 Å². The third-order valence-corrected chi connectivity index (χ3v) is 4.93. The molecule has 0 fully saturated rings. The van der Waals surface area contributed by atoms with Crippen molar-refractivity contribution in [1.29, 1.82) is 0 Å². The number of hydrogen-bond donors (Lipinski definition) is 1. The molecule has 2 aromatic rings. The van der Waals surface area contributed by atoms with Crippen LogP contribution in [0.2, 0.25) is 0 Å². The second-order valence-corrected chi connectivity index (χ2v) is 6.90. The highest BCUT2D eigenvalue weighted by Gasteiger charge is 2.37. The third-order valence-electron chi connectivity index (χ3n) is 3.23. The summed E-state index contributed by atoms with van der Waals surface area (Å²) in [5, 5.41) is 13.1. The Hall–Kier alpha value is -1.83. The van der Waals surface area contributed by atoms with Gasteiger partial charge in [0.1, 0.15) is 13.2 Å². The lowest BCUT2D eigenvalue weighted by Crippen LogP contribution is -2.15. The first-order valence-electron chi connectivity index (χ1n) is 7.14. The van der Waals surface area contributed by atoms with E-state index in [0.717, 1.165) is 9.75 Å². The number of aliphatic hydroxyl groups is 1. The molecular formula is C16H16O5S2. The van der Waals surface area contributed by atoms with Gasteiger partial charge in [-0.3, -0.25) is 0 Å². The van der Waals surface area contributed by atoms with Gasteiger partial charge in [-0.2, -0.15) is 0 Å². The Morgan fingerprint density at radius 1 is 1.09 bits per heavy atom. The van der Waals surface area contributed by atoms with E-state index in [0.29, 0.717) is 19.0 Å². The van der Waals surface area contributed by atoms with Crippen molar-refractivity contribution in [3.63, 3.8) is 0 Å². The zero-order valence-electron chi connectivity index (χ0n) is 12.3. The summed E-state index contributed by atoms with van der Waals surface area (Å²) in [6, 6.07) is 7.75. The number of rotatable bonds is 8. The van der Waals surface area contributed by atoms with E-state index in [4.69, 9.17) is 19.3 Å². The Kier molecular flexibility index (Phi) is 5.32. The highest BCUT2D eigenvalue weighted by molar-refractivity contribution is 7.10. The molecule has 0 aromatic carbocycles. The fourth-order valence-electron chi connectivity index (χ4n) is 2.16. The smallest absolute Gasteiger partial charge is 0.378 e. The highest BCUT2D eigenvalue weighted by Crippen LogP contribution is 2.29. The minimum absolute atomic E-state index is 0.0952. The first-order valence-corrected chi connectivity index (χ1v) is 8.90. The van der Waals surface area contributed by atoms with Crippen LogP contribution in [0.4, 0.5) is 0 Å². The van der Waals surface area contributed by atoms with Crippen LogP contribution in [0.5, 0.6) is 0 Å². The molecule has 1 aliphatic heterocycles. The van der Waals surface area contributed by atoms with Crippen LogP contribution in [0.15, 0.2) is 46.5 Å². The van der Waals surface area contributed by atoms with Crippen molar-refractivity contribution >= 4 is 28.6 Å². The molecule has 1 aliphatic rings. The van der Waals surface area contributed by atoms with Crippen LogP contribution in [0.1, 0.15) is 16.2 Å². The van der Waals surface area contributed by atoms with Crippen molar-refractivity contribution in [2.24, 2.45) is 0 Å². The van der Waals surface area contributed by atoms with Gasteiger partial charge in [0.15, 0.2) is 11.9 Å². The van der Waals surface area contributed by atoms with E-state index in [1.165, 1.54) is 0 Å². The molecule has 3 rings (SSSR count). The van der Waals surface area contributed by atoms with Gasteiger partial charge in [-0.25, -0.2) is 4.79 Å². The van der Waals surface area contributed by atoms with Crippen molar-refractivity contribution in [2.45, 2.75) is 25.7 Å². The standard InChI is InChI=1S/C16H16O5S2/c17-6-5-13-14(19-9-11-3-1-7-22-11)15(16(18)21-13)20-10-12-4-2-8-23-12/h1-4,7-8,13,17H,5-6,9-10H2. The van der Waals surface area contributed by atoms with Crippen LogP contribution in [0.25, 0.3) is 0 Å². The van der Waals surface area contributed by atoms with E-state index in [9.17, 15) is 4.79 Å². The lowest BCUT2D eigenvalue weighted by Gasteiger charge is -2.13. The molecule has 5 nitrogen and oxygen atoms in total. The van der Waals surface area contributed by atoms with Gasteiger partial charge < -0.3 is 19.3 Å². The topological polar surface area (TPSA) is 65.0 Å². The number of carbonyl (C=O) groups excluding carboxylic acids is 1. The van der Waals surface area contributed by atoms with Crippen LogP contribution in [0, 0.1) is 0 Å². The molecule has 0 bridgehead atoms. The SMILES string of the molecule is O=C1OC(CCO)C(OCc2cccs2)=C1OCc1cccs1. The Morgan fingerprint density at radius 3 is 2.30 bits per heavy atom. The quantitative estimate of drug-likeness (QED) is 0.740. The first-order chi connectivity index (χ1) is 11.3. The molecule has 0 spiro atoms.